The van der Waals surface area contributed by atoms with Crippen LogP contribution in [0.1, 0.15) is 10.4 Å². The average molecular weight is 396 g/mol. The van der Waals surface area contributed by atoms with E-state index in [1.165, 1.54) is 24.3 Å². The Balaban J connectivity index is 2.40. The molecule has 0 heterocycles. The Morgan fingerprint density at radius 1 is 1.00 bits per heavy atom. The van der Waals surface area contributed by atoms with Crippen molar-refractivity contribution < 1.29 is 14.6 Å². The molecule has 0 aliphatic rings. The van der Waals surface area contributed by atoms with Crippen LogP contribution in [0.15, 0.2) is 34.8 Å². The van der Waals surface area contributed by atoms with Crippen molar-refractivity contribution in [1.29, 1.82) is 0 Å². The minimum Gasteiger partial charge on any atom is -0.478 e. The van der Waals surface area contributed by atoms with Crippen LogP contribution in [-0.4, -0.2) is 11.1 Å². The summed E-state index contributed by atoms with van der Waals surface area (Å²) in [4.78, 5) is 11.0. The molecule has 0 saturated carbocycles. The van der Waals surface area contributed by atoms with E-state index in [4.69, 9.17) is 44.6 Å². The molecule has 2 rings (SSSR count). The van der Waals surface area contributed by atoms with Gasteiger partial charge < -0.3 is 9.84 Å². The maximum Gasteiger partial charge on any atom is 0.335 e. The molecule has 0 amide bonds. The zero-order chi connectivity index (χ0) is 14.9. The van der Waals surface area contributed by atoms with E-state index in [-0.39, 0.29) is 16.3 Å². The Hall–Kier alpha value is -0.940. The number of benzene rings is 2. The van der Waals surface area contributed by atoms with Gasteiger partial charge in [0, 0.05) is 10.5 Å². The Labute approximate surface area is 138 Å². The number of hydrogen-bond acceptors (Lipinski definition) is 2. The number of carbonyl (C=O) groups is 1. The van der Waals surface area contributed by atoms with Crippen LogP contribution in [0, 0.1) is 0 Å². The molecular weight excluding hydrogens is 390 g/mol. The third kappa shape index (κ3) is 3.58. The molecule has 0 radical (unpaired) electrons. The summed E-state index contributed by atoms with van der Waals surface area (Å²) in [5, 5.41) is 9.87. The maximum atomic E-state index is 11.0. The summed E-state index contributed by atoms with van der Waals surface area (Å²) in [6.45, 7) is 0. The summed E-state index contributed by atoms with van der Waals surface area (Å²) < 4.78 is 6.12. The molecule has 0 saturated heterocycles. The highest BCUT2D eigenvalue weighted by Gasteiger charge is 2.11. The molecule has 0 spiro atoms. The second-order valence-electron chi connectivity index (χ2n) is 3.78. The average Bonchev–Trinajstić information content (AvgIpc) is 2.35. The lowest BCUT2D eigenvalue weighted by Gasteiger charge is -2.10. The molecule has 2 aromatic carbocycles. The van der Waals surface area contributed by atoms with E-state index < -0.39 is 5.97 Å². The zero-order valence-electron chi connectivity index (χ0n) is 9.66. The molecule has 0 bridgehead atoms. The molecule has 104 valence electrons. The molecule has 0 atom stereocenters. The number of carboxylic acids is 1. The number of rotatable bonds is 3. The van der Waals surface area contributed by atoms with Crippen molar-refractivity contribution >= 4 is 56.7 Å². The number of carboxylic acid groups (broad SMARTS) is 1. The van der Waals surface area contributed by atoms with E-state index in [0.29, 0.717) is 20.3 Å². The van der Waals surface area contributed by atoms with Crippen LogP contribution >= 0.6 is 50.7 Å². The Kier molecular flexibility index (Phi) is 4.81. The summed E-state index contributed by atoms with van der Waals surface area (Å²) in [5.41, 5.74) is 0.0885. The smallest absolute Gasteiger partial charge is 0.335 e. The van der Waals surface area contributed by atoms with E-state index in [9.17, 15) is 4.79 Å². The van der Waals surface area contributed by atoms with Gasteiger partial charge in [0.25, 0.3) is 0 Å². The largest absolute Gasteiger partial charge is 0.478 e. The summed E-state index contributed by atoms with van der Waals surface area (Å²) in [6.07, 6.45) is 0. The Morgan fingerprint density at radius 2 is 1.65 bits per heavy atom. The van der Waals surface area contributed by atoms with Crippen molar-refractivity contribution in [3.05, 3.63) is 55.4 Å². The fraction of sp³-hybridized carbons (Fsp3) is 0. The first-order valence-electron chi connectivity index (χ1n) is 5.23. The molecule has 2 aromatic rings. The molecule has 1 N–H and O–H groups in total. The van der Waals surface area contributed by atoms with Gasteiger partial charge in [0.2, 0.25) is 0 Å². The lowest BCUT2D eigenvalue weighted by Crippen LogP contribution is -1.97. The molecule has 0 aliphatic heterocycles. The quantitative estimate of drug-likeness (QED) is 0.657. The number of ether oxygens (including phenoxy) is 1. The molecule has 0 unspecified atom stereocenters. The van der Waals surface area contributed by atoms with Gasteiger partial charge in [0.15, 0.2) is 0 Å². The topological polar surface area (TPSA) is 46.5 Å². The van der Waals surface area contributed by atoms with E-state index >= 15 is 0 Å². The summed E-state index contributed by atoms with van der Waals surface area (Å²) >= 11 is 20.9. The lowest BCUT2D eigenvalue weighted by molar-refractivity contribution is 0.0696. The van der Waals surface area contributed by atoms with Crippen LogP contribution in [0.25, 0.3) is 0 Å². The van der Waals surface area contributed by atoms with E-state index in [0.717, 1.165) is 0 Å². The van der Waals surface area contributed by atoms with Gasteiger partial charge in [-0.1, -0.05) is 50.7 Å². The van der Waals surface area contributed by atoms with Gasteiger partial charge in [-0.15, -0.1) is 0 Å². The van der Waals surface area contributed by atoms with Crippen molar-refractivity contribution in [2.75, 3.05) is 0 Å². The highest BCUT2D eigenvalue weighted by molar-refractivity contribution is 9.10. The second kappa shape index (κ2) is 6.22. The van der Waals surface area contributed by atoms with Gasteiger partial charge in [0.1, 0.15) is 11.5 Å². The van der Waals surface area contributed by atoms with Gasteiger partial charge in [-0.3, -0.25) is 0 Å². The standard InChI is InChI=1S/C13H6BrCl3O3/c14-7-1-6(13(18)19)2-8(3-7)20-12-5-10(16)9(15)4-11(12)17/h1-5H,(H,18,19). The minimum absolute atomic E-state index is 0.0885. The minimum atomic E-state index is -1.06. The molecule has 3 nitrogen and oxygen atoms in total. The van der Waals surface area contributed by atoms with Gasteiger partial charge in [-0.05, 0) is 24.3 Å². The van der Waals surface area contributed by atoms with Crippen LogP contribution in [0.2, 0.25) is 15.1 Å². The third-order valence-corrected chi connectivity index (χ3v) is 3.80. The number of halogens is 4. The lowest BCUT2D eigenvalue weighted by atomic mass is 10.2. The molecule has 20 heavy (non-hydrogen) atoms. The van der Waals surface area contributed by atoms with Gasteiger partial charge in [-0.25, -0.2) is 4.79 Å². The van der Waals surface area contributed by atoms with Crippen LogP contribution < -0.4 is 4.74 Å². The summed E-state index contributed by atoms with van der Waals surface area (Å²) in [7, 11) is 0. The van der Waals surface area contributed by atoms with E-state index in [1.807, 2.05) is 0 Å². The number of hydrogen-bond donors (Lipinski definition) is 1. The predicted octanol–water partition coefficient (Wildman–Crippen LogP) is 5.90. The Morgan fingerprint density at radius 3 is 2.30 bits per heavy atom. The molecule has 0 aromatic heterocycles. The third-order valence-electron chi connectivity index (χ3n) is 2.32. The first-order chi connectivity index (χ1) is 9.36. The van der Waals surface area contributed by atoms with E-state index in [1.54, 1.807) is 6.07 Å². The van der Waals surface area contributed by atoms with Crippen molar-refractivity contribution in [2.24, 2.45) is 0 Å². The van der Waals surface area contributed by atoms with Crippen LogP contribution in [0.5, 0.6) is 11.5 Å². The van der Waals surface area contributed by atoms with Gasteiger partial charge >= 0.3 is 5.97 Å². The zero-order valence-corrected chi connectivity index (χ0v) is 13.5. The highest BCUT2D eigenvalue weighted by atomic mass is 79.9. The predicted molar refractivity (Wildman–Crippen MR) is 82.6 cm³/mol. The van der Waals surface area contributed by atoms with Crippen molar-refractivity contribution in [1.82, 2.24) is 0 Å². The molecule has 7 heteroatoms. The van der Waals surface area contributed by atoms with Gasteiger partial charge in [-0.2, -0.15) is 0 Å². The maximum absolute atomic E-state index is 11.0. The SMILES string of the molecule is O=C(O)c1cc(Br)cc(Oc2cc(Cl)c(Cl)cc2Cl)c1. The fourth-order valence-electron chi connectivity index (χ4n) is 1.45. The van der Waals surface area contributed by atoms with Gasteiger partial charge in [0.05, 0.1) is 20.6 Å². The molecule has 0 aliphatic carbocycles. The van der Waals surface area contributed by atoms with Crippen molar-refractivity contribution in [2.45, 2.75) is 0 Å². The summed E-state index contributed by atoms with van der Waals surface area (Å²) in [6, 6.07) is 7.38. The van der Waals surface area contributed by atoms with Crippen LogP contribution in [0.3, 0.4) is 0 Å². The van der Waals surface area contributed by atoms with Crippen molar-refractivity contribution in [3.8, 4) is 11.5 Å². The Bertz CT molecular complexity index is 689. The first-order valence-corrected chi connectivity index (χ1v) is 7.16. The molecule has 0 fully saturated rings. The van der Waals surface area contributed by atoms with Crippen molar-refractivity contribution in [3.63, 3.8) is 0 Å². The fourth-order valence-corrected chi connectivity index (χ4v) is 2.50. The summed E-state index contributed by atoms with van der Waals surface area (Å²) in [5.74, 6) is -0.455. The highest BCUT2D eigenvalue weighted by Crippen LogP contribution is 2.37. The van der Waals surface area contributed by atoms with Crippen LogP contribution in [0.4, 0.5) is 0 Å². The monoisotopic (exact) mass is 394 g/mol. The molecular formula is C13H6BrCl3O3. The number of aromatic carboxylic acids is 1. The van der Waals surface area contributed by atoms with E-state index in [2.05, 4.69) is 15.9 Å². The normalized spacial score (nSPS) is 10.4. The second-order valence-corrected chi connectivity index (χ2v) is 5.92. The first kappa shape index (κ1) is 15.4. The van der Waals surface area contributed by atoms with Crippen LogP contribution in [-0.2, 0) is 0 Å².